The summed E-state index contributed by atoms with van der Waals surface area (Å²) in [5, 5.41) is 12.0. The lowest BCUT2D eigenvalue weighted by Gasteiger charge is -2.27. The Morgan fingerprint density at radius 1 is 1.47 bits per heavy atom. The summed E-state index contributed by atoms with van der Waals surface area (Å²) < 4.78 is 0. The smallest absolute Gasteiger partial charge is 0.327 e. The fraction of sp³-hybridized carbons (Fsp3) is 0.692. The Morgan fingerprint density at radius 2 is 2.21 bits per heavy atom. The van der Waals surface area contributed by atoms with Gasteiger partial charge in [-0.2, -0.15) is 0 Å². The molecule has 1 heterocycles. The molecule has 0 aromatic heterocycles. The van der Waals surface area contributed by atoms with Crippen molar-refractivity contribution < 1.29 is 14.7 Å². The molecule has 1 saturated carbocycles. The molecule has 1 aliphatic heterocycles. The average Bonchev–Trinajstić information content (AvgIpc) is 3.12. The molecule has 2 amide bonds. The zero-order valence-electron chi connectivity index (χ0n) is 10.9. The first-order chi connectivity index (χ1) is 9.15. The number of amides is 2. The fourth-order valence-corrected chi connectivity index (χ4v) is 3.80. The van der Waals surface area contributed by atoms with E-state index >= 15 is 0 Å². The minimum absolute atomic E-state index is 0.0263. The molecule has 2 unspecified atom stereocenters. The molecular formula is C13H18N2O3S. The number of carboxylic acid groups (broad SMARTS) is 1. The van der Waals surface area contributed by atoms with Crippen molar-refractivity contribution in [3.63, 3.8) is 0 Å². The minimum Gasteiger partial charge on any atom is -0.480 e. The molecule has 0 bridgehead atoms. The Balaban J connectivity index is 1.96. The van der Waals surface area contributed by atoms with Crippen LogP contribution in [0.2, 0.25) is 0 Å². The fourth-order valence-electron chi connectivity index (χ4n) is 2.17. The van der Waals surface area contributed by atoms with Gasteiger partial charge in [-0.1, -0.05) is 0 Å². The topological polar surface area (TPSA) is 69.6 Å². The summed E-state index contributed by atoms with van der Waals surface area (Å²) >= 11 is 1.59. The molecule has 0 radical (unpaired) electrons. The highest BCUT2D eigenvalue weighted by molar-refractivity contribution is 8.00. The van der Waals surface area contributed by atoms with E-state index in [2.05, 4.69) is 17.2 Å². The molecule has 0 aromatic carbocycles. The van der Waals surface area contributed by atoms with Crippen LogP contribution < -0.4 is 5.32 Å². The lowest BCUT2D eigenvalue weighted by atomic mass is 10.2. The van der Waals surface area contributed by atoms with Crippen molar-refractivity contribution in [3.8, 4) is 11.8 Å². The van der Waals surface area contributed by atoms with Crippen molar-refractivity contribution >= 4 is 23.8 Å². The van der Waals surface area contributed by atoms with Crippen molar-refractivity contribution in [1.82, 2.24) is 10.2 Å². The number of carbonyl (C=O) groups is 2. The maximum absolute atomic E-state index is 12.2. The molecule has 2 fully saturated rings. The molecule has 2 rings (SSSR count). The largest absolute Gasteiger partial charge is 0.480 e. The highest BCUT2D eigenvalue weighted by Crippen LogP contribution is 2.45. The summed E-state index contributed by atoms with van der Waals surface area (Å²) in [7, 11) is 0. The number of nitrogens with zero attached hydrogens (tertiary/aromatic N) is 1. The maximum Gasteiger partial charge on any atom is 0.327 e. The van der Waals surface area contributed by atoms with Gasteiger partial charge in [0.1, 0.15) is 6.04 Å². The van der Waals surface area contributed by atoms with Gasteiger partial charge in [-0.05, 0) is 25.7 Å². The van der Waals surface area contributed by atoms with Gasteiger partial charge in [-0.25, -0.2) is 9.59 Å². The van der Waals surface area contributed by atoms with E-state index in [4.69, 9.17) is 0 Å². The van der Waals surface area contributed by atoms with E-state index in [0.717, 1.165) is 12.8 Å². The summed E-state index contributed by atoms with van der Waals surface area (Å²) in [5.74, 6) is 5.67. The molecule has 1 saturated heterocycles. The predicted octanol–water partition coefficient (Wildman–Crippen LogP) is 1.35. The first kappa shape index (κ1) is 14.1. The number of nitrogens with one attached hydrogen (secondary N) is 1. The second-order valence-corrected chi connectivity index (χ2v) is 5.88. The van der Waals surface area contributed by atoms with Crippen LogP contribution in [0.5, 0.6) is 0 Å². The third-order valence-corrected chi connectivity index (χ3v) is 4.74. The van der Waals surface area contributed by atoms with Crippen LogP contribution in [0.25, 0.3) is 0 Å². The van der Waals surface area contributed by atoms with Gasteiger partial charge in [0.25, 0.3) is 0 Å². The zero-order chi connectivity index (χ0) is 13.8. The van der Waals surface area contributed by atoms with E-state index in [1.165, 1.54) is 4.90 Å². The maximum atomic E-state index is 12.2. The molecule has 6 heteroatoms. The molecule has 1 aliphatic carbocycles. The SMILES string of the molecule is CC#CCCNC(=O)N1C(C(=O)O)CSC1C1CC1. The average molecular weight is 282 g/mol. The standard InChI is InChI=1S/C13H18N2O3S/c1-2-3-4-7-14-13(18)15-10(12(16)17)8-19-11(15)9-5-6-9/h9-11H,4-8H2,1H3,(H,14,18)(H,16,17). The quantitative estimate of drug-likeness (QED) is 0.603. The summed E-state index contributed by atoms with van der Waals surface area (Å²) in [4.78, 5) is 24.9. The van der Waals surface area contributed by atoms with Gasteiger partial charge in [0, 0.05) is 18.7 Å². The van der Waals surface area contributed by atoms with Crippen molar-refractivity contribution in [1.29, 1.82) is 0 Å². The normalized spacial score (nSPS) is 25.6. The van der Waals surface area contributed by atoms with E-state index < -0.39 is 12.0 Å². The van der Waals surface area contributed by atoms with Crippen LogP contribution in [0, 0.1) is 17.8 Å². The summed E-state index contributed by atoms with van der Waals surface area (Å²) in [6.07, 6.45) is 2.78. The zero-order valence-corrected chi connectivity index (χ0v) is 11.7. The molecule has 2 aliphatic rings. The molecular weight excluding hydrogens is 264 g/mol. The van der Waals surface area contributed by atoms with Gasteiger partial charge in [0.05, 0.1) is 5.37 Å². The summed E-state index contributed by atoms with van der Waals surface area (Å²) in [6.45, 7) is 2.22. The van der Waals surface area contributed by atoms with E-state index in [1.54, 1.807) is 18.7 Å². The minimum atomic E-state index is -0.917. The van der Waals surface area contributed by atoms with Crippen LogP contribution >= 0.6 is 11.8 Å². The second kappa shape index (κ2) is 6.20. The van der Waals surface area contributed by atoms with Crippen LogP contribution in [0.15, 0.2) is 0 Å². The molecule has 0 aromatic rings. The lowest BCUT2D eigenvalue weighted by Crippen LogP contribution is -2.50. The first-order valence-corrected chi connectivity index (χ1v) is 7.50. The number of urea groups is 1. The van der Waals surface area contributed by atoms with Crippen molar-refractivity contribution in [2.45, 2.75) is 37.6 Å². The number of hydrogen-bond acceptors (Lipinski definition) is 3. The van der Waals surface area contributed by atoms with E-state index in [9.17, 15) is 14.7 Å². The third kappa shape index (κ3) is 3.35. The summed E-state index contributed by atoms with van der Waals surface area (Å²) in [5.41, 5.74) is 0. The number of rotatable bonds is 4. The summed E-state index contributed by atoms with van der Waals surface area (Å²) in [6, 6.07) is -0.972. The van der Waals surface area contributed by atoms with Crippen molar-refractivity contribution in [3.05, 3.63) is 0 Å². The lowest BCUT2D eigenvalue weighted by molar-refractivity contribution is -0.141. The van der Waals surface area contributed by atoms with Gasteiger partial charge in [0.2, 0.25) is 0 Å². The number of thioether (sulfide) groups is 1. The molecule has 0 spiro atoms. The molecule has 2 atom stereocenters. The third-order valence-electron chi connectivity index (χ3n) is 3.28. The molecule has 104 valence electrons. The highest BCUT2D eigenvalue weighted by Gasteiger charge is 2.47. The molecule has 19 heavy (non-hydrogen) atoms. The van der Waals surface area contributed by atoms with E-state index in [0.29, 0.717) is 24.6 Å². The second-order valence-electron chi connectivity index (χ2n) is 4.73. The van der Waals surface area contributed by atoms with Crippen LogP contribution in [-0.4, -0.2) is 45.7 Å². The van der Waals surface area contributed by atoms with E-state index in [-0.39, 0.29) is 11.4 Å². The number of carbonyl (C=O) groups excluding carboxylic acids is 1. The Morgan fingerprint density at radius 3 is 2.79 bits per heavy atom. The number of carboxylic acids is 1. The van der Waals surface area contributed by atoms with Gasteiger partial charge in [-0.15, -0.1) is 23.6 Å². The Kier molecular flexibility index (Phi) is 4.59. The van der Waals surface area contributed by atoms with E-state index in [1.807, 2.05) is 0 Å². The van der Waals surface area contributed by atoms with Gasteiger partial charge in [-0.3, -0.25) is 4.90 Å². The predicted molar refractivity (Wildman–Crippen MR) is 73.7 cm³/mol. The Bertz CT molecular complexity index is 425. The monoisotopic (exact) mass is 282 g/mol. The highest BCUT2D eigenvalue weighted by atomic mass is 32.2. The Labute approximate surface area is 117 Å². The number of aliphatic carboxylic acids is 1. The van der Waals surface area contributed by atoms with Crippen LogP contribution in [0.4, 0.5) is 4.79 Å². The molecule has 5 nitrogen and oxygen atoms in total. The van der Waals surface area contributed by atoms with Gasteiger partial charge in [0.15, 0.2) is 0 Å². The van der Waals surface area contributed by atoms with Gasteiger partial charge < -0.3 is 10.4 Å². The first-order valence-electron chi connectivity index (χ1n) is 6.45. The number of hydrogen-bond donors (Lipinski definition) is 2. The Hall–Kier alpha value is -1.35. The molecule has 2 N–H and O–H groups in total. The van der Waals surface area contributed by atoms with Crippen molar-refractivity contribution in [2.24, 2.45) is 5.92 Å². The van der Waals surface area contributed by atoms with Crippen LogP contribution in [0.1, 0.15) is 26.2 Å². The van der Waals surface area contributed by atoms with Gasteiger partial charge >= 0.3 is 12.0 Å². The van der Waals surface area contributed by atoms with Crippen LogP contribution in [-0.2, 0) is 4.79 Å². The van der Waals surface area contributed by atoms with Crippen molar-refractivity contribution in [2.75, 3.05) is 12.3 Å². The van der Waals surface area contributed by atoms with Crippen LogP contribution in [0.3, 0.4) is 0 Å².